The van der Waals surface area contributed by atoms with Crippen molar-refractivity contribution in [3.8, 4) is 0 Å². The first-order chi connectivity index (χ1) is 13.4. The van der Waals surface area contributed by atoms with Crippen molar-refractivity contribution in [2.24, 2.45) is 5.92 Å². The summed E-state index contributed by atoms with van der Waals surface area (Å²) in [7, 11) is -3.63. The van der Waals surface area contributed by atoms with Gasteiger partial charge in [0.15, 0.2) is 0 Å². The van der Waals surface area contributed by atoms with Crippen LogP contribution in [0.2, 0.25) is 0 Å². The molecule has 3 rings (SSSR count). The van der Waals surface area contributed by atoms with Crippen LogP contribution in [0.15, 0.2) is 29.2 Å². The third-order valence-electron chi connectivity index (χ3n) is 5.52. The number of hydrogen-bond acceptors (Lipinski definition) is 4. The molecule has 1 heterocycles. The molecule has 2 fully saturated rings. The van der Waals surface area contributed by atoms with Crippen molar-refractivity contribution in [3.05, 3.63) is 24.3 Å². The van der Waals surface area contributed by atoms with Crippen LogP contribution < -0.4 is 10.6 Å². The molecule has 0 radical (unpaired) electrons. The van der Waals surface area contributed by atoms with Crippen LogP contribution in [0.3, 0.4) is 0 Å². The van der Waals surface area contributed by atoms with Gasteiger partial charge in [0, 0.05) is 37.7 Å². The lowest BCUT2D eigenvalue weighted by atomic mass is 9.88. The maximum absolute atomic E-state index is 13.0. The van der Waals surface area contributed by atoms with E-state index >= 15 is 0 Å². The highest BCUT2D eigenvalue weighted by atomic mass is 32.2. The van der Waals surface area contributed by atoms with Crippen molar-refractivity contribution in [2.45, 2.75) is 62.8 Å². The number of rotatable bonds is 5. The molecule has 0 spiro atoms. The summed E-state index contributed by atoms with van der Waals surface area (Å²) < 4.78 is 27.4. The fourth-order valence-corrected chi connectivity index (χ4v) is 5.55. The van der Waals surface area contributed by atoms with Gasteiger partial charge in [-0.05, 0) is 49.9 Å². The molecule has 2 amide bonds. The van der Waals surface area contributed by atoms with Gasteiger partial charge in [0.05, 0.1) is 4.90 Å². The molecule has 8 heteroatoms. The first-order valence-electron chi connectivity index (χ1n) is 10.0. The van der Waals surface area contributed by atoms with E-state index in [0.29, 0.717) is 18.8 Å². The second-order valence-electron chi connectivity index (χ2n) is 7.75. The van der Waals surface area contributed by atoms with E-state index in [2.05, 4.69) is 10.6 Å². The summed E-state index contributed by atoms with van der Waals surface area (Å²) in [4.78, 5) is 23.8. The van der Waals surface area contributed by atoms with Crippen LogP contribution in [0.4, 0.5) is 5.69 Å². The second-order valence-corrected chi connectivity index (χ2v) is 9.69. The normalized spacial score (nSPS) is 21.8. The van der Waals surface area contributed by atoms with Crippen molar-refractivity contribution < 1.29 is 18.0 Å². The van der Waals surface area contributed by atoms with E-state index in [1.807, 2.05) is 0 Å². The summed E-state index contributed by atoms with van der Waals surface area (Å²) in [5.74, 6) is -0.0613. The lowest BCUT2D eigenvalue weighted by Crippen LogP contribution is -2.50. The van der Waals surface area contributed by atoms with Gasteiger partial charge in [-0.25, -0.2) is 8.42 Å². The van der Waals surface area contributed by atoms with Gasteiger partial charge in [0.2, 0.25) is 21.8 Å². The molecular weight excluding hydrogens is 378 g/mol. The lowest BCUT2D eigenvalue weighted by Gasteiger charge is -2.33. The average Bonchev–Trinajstić information content (AvgIpc) is 2.69. The zero-order valence-corrected chi connectivity index (χ0v) is 17.1. The topological polar surface area (TPSA) is 95.6 Å². The van der Waals surface area contributed by atoms with Gasteiger partial charge >= 0.3 is 0 Å². The molecule has 2 aliphatic rings. The van der Waals surface area contributed by atoms with Crippen LogP contribution in [0.25, 0.3) is 0 Å². The number of nitrogens with one attached hydrogen (secondary N) is 2. The first kappa shape index (κ1) is 20.8. The molecule has 0 unspecified atom stereocenters. The standard InChI is InChI=1S/C20H29N3O4S/c1-15(24)21-17-9-11-19(12-10-17)28(26,27)23-13-5-8-18(14-23)22-20(25)16-6-3-2-4-7-16/h9-12,16,18H,2-8,13-14H2,1H3,(H,21,24)(H,22,25)/t18-/m0/s1. The summed E-state index contributed by atoms with van der Waals surface area (Å²) in [6, 6.07) is 6.04. The quantitative estimate of drug-likeness (QED) is 0.784. The van der Waals surface area contributed by atoms with E-state index in [1.54, 1.807) is 12.1 Å². The summed E-state index contributed by atoms with van der Waals surface area (Å²) in [5, 5.41) is 5.71. The molecule has 1 aliphatic carbocycles. The number of amides is 2. The Labute approximate surface area is 166 Å². The van der Waals surface area contributed by atoms with Crippen LogP contribution in [-0.4, -0.2) is 43.7 Å². The molecule has 0 bridgehead atoms. The molecule has 1 aliphatic heterocycles. The molecule has 1 saturated heterocycles. The zero-order valence-electron chi connectivity index (χ0n) is 16.3. The Morgan fingerprint density at radius 1 is 1.00 bits per heavy atom. The van der Waals surface area contributed by atoms with E-state index in [-0.39, 0.29) is 28.7 Å². The van der Waals surface area contributed by atoms with E-state index in [0.717, 1.165) is 38.5 Å². The predicted octanol–water partition coefficient (Wildman–Crippen LogP) is 2.49. The molecule has 1 saturated carbocycles. The van der Waals surface area contributed by atoms with Gasteiger partial charge in [-0.15, -0.1) is 0 Å². The molecule has 0 aromatic heterocycles. The van der Waals surface area contributed by atoms with Crippen LogP contribution in [0.5, 0.6) is 0 Å². The SMILES string of the molecule is CC(=O)Nc1ccc(S(=O)(=O)N2CCC[C@H](NC(=O)C3CCCCC3)C2)cc1. The van der Waals surface area contributed by atoms with E-state index in [9.17, 15) is 18.0 Å². The summed E-state index contributed by atoms with van der Waals surface area (Å²) >= 11 is 0. The third-order valence-corrected chi connectivity index (χ3v) is 7.40. The smallest absolute Gasteiger partial charge is 0.243 e. The van der Waals surface area contributed by atoms with E-state index in [4.69, 9.17) is 0 Å². The molecular formula is C20H29N3O4S. The number of carbonyl (C=O) groups excluding carboxylic acids is 2. The van der Waals surface area contributed by atoms with Gasteiger partial charge < -0.3 is 10.6 Å². The molecule has 28 heavy (non-hydrogen) atoms. The Hall–Kier alpha value is -1.93. The maximum atomic E-state index is 13.0. The number of sulfonamides is 1. The Bertz CT molecular complexity index is 801. The fourth-order valence-electron chi connectivity index (χ4n) is 4.02. The van der Waals surface area contributed by atoms with Crippen molar-refractivity contribution in [1.82, 2.24) is 9.62 Å². The van der Waals surface area contributed by atoms with Gasteiger partial charge in [-0.3, -0.25) is 9.59 Å². The summed E-state index contributed by atoms with van der Waals surface area (Å²) in [6.45, 7) is 2.15. The zero-order chi connectivity index (χ0) is 20.1. The second kappa shape index (κ2) is 9.05. The fraction of sp³-hybridized carbons (Fsp3) is 0.600. The minimum Gasteiger partial charge on any atom is -0.352 e. The van der Waals surface area contributed by atoms with Crippen molar-refractivity contribution in [1.29, 1.82) is 0 Å². The van der Waals surface area contributed by atoms with Crippen molar-refractivity contribution in [3.63, 3.8) is 0 Å². The van der Waals surface area contributed by atoms with E-state index < -0.39 is 10.0 Å². The number of carbonyl (C=O) groups is 2. The third kappa shape index (κ3) is 5.11. The molecule has 1 atom stereocenters. The highest BCUT2D eigenvalue weighted by Crippen LogP contribution is 2.25. The van der Waals surface area contributed by atoms with Gasteiger partial charge in [-0.2, -0.15) is 4.31 Å². The number of benzene rings is 1. The molecule has 1 aromatic rings. The van der Waals surface area contributed by atoms with Crippen molar-refractivity contribution in [2.75, 3.05) is 18.4 Å². The van der Waals surface area contributed by atoms with Crippen LogP contribution in [0, 0.1) is 5.92 Å². The Morgan fingerprint density at radius 3 is 2.32 bits per heavy atom. The van der Waals surface area contributed by atoms with E-state index in [1.165, 1.54) is 29.8 Å². The van der Waals surface area contributed by atoms with Crippen LogP contribution >= 0.6 is 0 Å². The maximum Gasteiger partial charge on any atom is 0.243 e. The Balaban J connectivity index is 1.63. The number of hydrogen-bond donors (Lipinski definition) is 2. The number of anilines is 1. The molecule has 1 aromatic carbocycles. The average molecular weight is 408 g/mol. The van der Waals surface area contributed by atoms with Gasteiger partial charge in [-0.1, -0.05) is 19.3 Å². The number of piperidine rings is 1. The molecule has 7 nitrogen and oxygen atoms in total. The Morgan fingerprint density at radius 2 is 1.68 bits per heavy atom. The summed E-state index contributed by atoms with van der Waals surface area (Å²) in [6.07, 6.45) is 6.77. The predicted molar refractivity (Wildman–Crippen MR) is 107 cm³/mol. The number of nitrogens with zero attached hydrogens (tertiary/aromatic N) is 1. The van der Waals surface area contributed by atoms with Crippen LogP contribution in [-0.2, 0) is 19.6 Å². The lowest BCUT2D eigenvalue weighted by molar-refractivity contribution is -0.127. The van der Waals surface area contributed by atoms with Crippen molar-refractivity contribution >= 4 is 27.5 Å². The van der Waals surface area contributed by atoms with Gasteiger partial charge in [0.25, 0.3) is 0 Å². The monoisotopic (exact) mass is 407 g/mol. The highest BCUT2D eigenvalue weighted by molar-refractivity contribution is 7.89. The largest absolute Gasteiger partial charge is 0.352 e. The summed E-state index contributed by atoms with van der Waals surface area (Å²) in [5.41, 5.74) is 0.558. The van der Waals surface area contributed by atoms with Gasteiger partial charge in [0.1, 0.15) is 0 Å². The minimum absolute atomic E-state index is 0.0713. The molecule has 2 N–H and O–H groups in total. The highest BCUT2D eigenvalue weighted by Gasteiger charge is 2.32. The molecule has 154 valence electrons. The van der Waals surface area contributed by atoms with Crippen LogP contribution in [0.1, 0.15) is 51.9 Å². The first-order valence-corrected chi connectivity index (χ1v) is 11.5. The Kier molecular flexibility index (Phi) is 6.72. The minimum atomic E-state index is -3.63.